The van der Waals surface area contributed by atoms with Crippen LogP contribution in [0.15, 0.2) is 30.6 Å². The van der Waals surface area contributed by atoms with Gasteiger partial charge in [0, 0.05) is 43.4 Å². The van der Waals surface area contributed by atoms with E-state index >= 15 is 0 Å². The van der Waals surface area contributed by atoms with Crippen molar-refractivity contribution < 1.29 is 13.9 Å². The third-order valence-corrected chi connectivity index (χ3v) is 4.19. The standard InChI is InChI=1S/C17H14FN5O2/c1-25-15-6-10-9-23(5-3-13(10)21-22-15)17(24)12-2-4-19-14-7-11(18)8-20-16(12)14/h2,4,6-8H,3,5,9H2,1H3. The second-order valence-corrected chi connectivity index (χ2v) is 5.72. The Morgan fingerprint density at radius 2 is 2.16 bits per heavy atom. The first-order chi connectivity index (χ1) is 12.2. The van der Waals surface area contributed by atoms with Crippen LogP contribution in [0.4, 0.5) is 4.39 Å². The van der Waals surface area contributed by atoms with Gasteiger partial charge in [-0.2, -0.15) is 5.10 Å². The molecule has 0 fully saturated rings. The first-order valence-electron chi connectivity index (χ1n) is 7.74. The monoisotopic (exact) mass is 339 g/mol. The van der Waals surface area contributed by atoms with Gasteiger partial charge in [0.25, 0.3) is 5.91 Å². The number of carbonyl (C=O) groups is 1. The van der Waals surface area contributed by atoms with Crippen LogP contribution in [0.1, 0.15) is 21.6 Å². The van der Waals surface area contributed by atoms with Crippen molar-refractivity contribution in [2.45, 2.75) is 13.0 Å². The van der Waals surface area contributed by atoms with E-state index in [1.807, 2.05) is 0 Å². The Morgan fingerprint density at radius 3 is 3.00 bits per heavy atom. The zero-order valence-electron chi connectivity index (χ0n) is 13.4. The van der Waals surface area contributed by atoms with Crippen molar-refractivity contribution in [3.8, 4) is 5.88 Å². The van der Waals surface area contributed by atoms with Crippen LogP contribution in [0, 0.1) is 5.82 Å². The second-order valence-electron chi connectivity index (χ2n) is 5.72. The third-order valence-electron chi connectivity index (χ3n) is 4.19. The fourth-order valence-corrected chi connectivity index (χ4v) is 2.93. The summed E-state index contributed by atoms with van der Waals surface area (Å²) in [6.45, 7) is 0.933. The largest absolute Gasteiger partial charge is 0.480 e. The van der Waals surface area contributed by atoms with Crippen molar-refractivity contribution in [3.05, 3.63) is 53.2 Å². The highest BCUT2D eigenvalue weighted by Crippen LogP contribution is 2.23. The topological polar surface area (TPSA) is 81.1 Å². The fraction of sp³-hybridized carbons (Fsp3) is 0.235. The average molecular weight is 339 g/mol. The lowest BCUT2D eigenvalue weighted by atomic mass is 10.0. The summed E-state index contributed by atoms with van der Waals surface area (Å²) in [6, 6.07) is 4.67. The summed E-state index contributed by atoms with van der Waals surface area (Å²) >= 11 is 0. The molecule has 1 amide bonds. The van der Waals surface area contributed by atoms with Gasteiger partial charge >= 0.3 is 0 Å². The van der Waals surface area contributed by atoms with Gasteiger partial charge < -0.3 is 9.64 Å². The van der Waals surface area contributed by atoms with Crippen molar-refractivity contribution in [3.63, 3.8) is 0 Å². The minimum absolute atomic E-state index is 0.173. The quantitative estimate of drug-likeness (QED) is 0.708. The van der Waals surface area contributed by atoms with Crippen molar-refractivity contribution >= 4 is 16.9 Å². The van der Waals surface area contributed by atoms with Crippen LogP contribution < -0.4 is 4.74 Å². The van der Waals surface area contributed by atoms with E-state index in [2.05, 4.69) is 20.2 Å². The second kappa shape index (κ2) is 6.04. The van der Waals surface area contributed by atoms with Crippen molar-refractivity contribution in [2.75, 3.05) is 13.7 Å². The van der Waals surface area contributed by atoms with Crippen LogP contribution in [0.3, 0.4) is 0 Å². The Labute approximate surface area is 142 Å². The molecule has 0 unspecified atom stereocenters. The molecule has 0 saturated heterocycles. The maximum atomic E-state index is 13.3. The van der Waals surface area contributed by atoms with Crippen LogP contribution >= 0.6 is 0 Å². The molecule has 0 spiro atoms. The maximum Gasteiger partial charge on any atom is 0.256 e. The maximum absolute atomic E-state index is 13.3. The van der Waals surface area contributed by atoms with Crippen LogP contribution in [0.25, 0.3) is 11.0 Å². The van der Waals surface area contributed by atoms with Gasteiger partial charge in [0.05, 0.1) is 30.1 Å². The molecule has 0 aliphatic carbocycles. The molecule has 3 aromatic rings. The number of nitrogens with zero attached hydrogens (tertiary/aromatic N) is 5. The van der Waals surface area contributed by atoms with Gasteiger partial charge in [-0.05, 0) is 6.07 Å². The SMILES string of the molecule is COc1cc2c(nn1)CCN(C(=O)c1ccnc3cc(F)cnc13)C2. The lowest BCUT2D eigenvalue weighted by Gasteiger charge is -2.28. The number of pyridine rings is 2. The van der Waals surface area contributed by atoms with E-state index in [4.69, 9.17) is 4.74 Å². The number of ether oxygens (including phenoxy) is 1. The number of hydrogen-bond donors (Lipinski definition) is 0. The Kier molecular flexibility index (Phi) is 3.72. The molecule has 4 rings (SSSR count). The highest BCUT2D eigenvalue weighted by atomic mass is 19.1. The number of aromatic nitrogens is 4. The highest BCUT2D eigenvalue weighted by molar-refractivity contribution is 6.04. The number of amides is 1. The summed E-state index contributed by atoms with van der Waals surface area (Å²) in [5.74, 6) is -0.241. The molecule has 0 N–H and O–H groups in total. The molecule has 1 aliphatic rings. The van der Waals surface area contributed by atoms with E-state index in [-0.39, 0.29) is 5.91 Å². The van der Waals surface area contributed by atoms with E-state index in [9.17, 15) is 9.18 Å². The molecule has 4 heterocycles. The van der Waals surface area contributed by atoms with E-state index in [0.29, 0.717) is 42.0 Å². The molecule has 0 radical (unpaired) electrons. The van der Waals surface area contributed by atoms with Crippen LogP contribution in [0.2, 0.25) is 0 Å². The Balaban J connectivity index is 1.68. The molecule has 25 heavy (non-hydrogen) atoms. The van der Waals surface area contributed by atoms with Gasteiger partial charge in [0.1, 0.15) is 11.3 Å². The Hall–Kier alpha value is -3.16. The zero-order valence-corrected chi connectivity index (χ0v) is 13.4. The summed E-state index contributed by atoms with van der Waals surface area (Å²) < 4.78 is 18.4. The lowest BCUT2D eigenvalue weighted by Crippen LogP contribution is -2.36. The molecule has 7 nitrogen and oxygen atoms in total. The number of carbonyl (C=O) groups excluding carboxylic acids is 1. The van der Waals surface area contributed by atoms with Crippen molar-refractivity contribution in [2.24, 2.45) is 0 Å². The summed E-state index contributed by atoms with van der Waals surface area (Å²) in [5, 5.41) is 8.10. The number of rotatable bonds is 2. The van der Waals surface area contributed by atoms with Gasteiger partial charge in [-0.1, -0.05) is 0 Å². The van der Waals surface area contributed by atoms with E-state index in [1.54, 1.807) is 17.0 Å². The molecule has 3 aromatic heterocycles. The van der Waals surface area contributed by atoms with E-state index in [0.717, 1.165) is 17.5 Å². The highest BCUT2D eigenvalue weighted by Gasteiger charge is 2.25. The molecule has 126 valence electrons. The zero-order chi connectivity index (χ0) is 17.4. The predicted octanol–water partition coefficient (Wildman–Crippen LogP) is 1.77. The number of methoxy groups -OCH3 is 1. The van der Waals surface area contributed by atoms with E-state index in [1.165, 1.54) is 19.4 Å². The van der Waals surface area contributed by atoms with Gasteiger partial charge in [-0.25, -0.2) is 4.39 Å². The van der Waals surface area contributed by atoms with Gasteiger partial charge in [0.15, 0.2) is 0 Å². The predicted molar refractivity (Wildman–Crippen MR) is 86.5 cm³/mol. The molecule has 8 heteroatoms. The normalized spacial score (nSPS) is 13.6. The third kappa shape index (κ3) is 2.75. The molecular formula is C17H14FN5O2. The average Bonchev–Trinajstić information content (AvgIpc) is 2.65. The Morgan fingerprint density at radius 1 is 1.28 bits per heavy atom. The van der Waals surface area contributed by atoms with Gasteiger partial charge in [-0.15, -0.1) is 5.10 Å². The summed E-state index contributed by atoms with van der Waals surface area (Å²) in [6.07, 6.45) is 3.19. The summed E-state index contributed by atoms with van der Waals surface area (Å²) in [4.78, 5) is 22.8. The first-order valence-corrected chi connectivity index (χ1v) is 7.74. The lowest BCUT2D eigenvalue weighted by molar-refractivity contribution is 0.0734. The molecular weight excluding hydrogens is 325 g/mol. The minimum Gasteiger partial charge on any atom is -0.480 e. The first kappa shape index (κ1) is 15.4. The fourth-order valence-electron chi connectivity index (χ4n) is 2.93. The van der Waals surface area contributed by atoms with Gasteiger partial charge in [0.2, 0.25) is 5.88 Å². The Bertz CT molecular complexity index is 978. The molecule has 0 bridgehead atoms. The van der Waals surface area contributed by atoms with E-state index < -0.39 is 5.82 Å². The van der Waals surface area contributed by atoms with Crippen molar-refractivity contribution in [1.29, 1.82) is 0 Å². The molecule has 0 saturated carbocycles. The van der Waals surface area contributed by atoms with Crippen molar-refractivity contribution in [1.82, 2.24) is 25.1 Å². The summed E-state index contributed by atoms with van der Waals surface area (Å²) in [7, 11) is 1.52. The summed E-state index contributed by atoms with van der Waals surface area (Å²) in [5.41, 5.74) is 2.93. The van der Waals surface area contributed by atoms with Crippen LogP contribution in [-0.4, -0.2) is 44.6 Å². The molecule has 0 atom stereocenters. The van der Waals surface area contributed by atoms with Crippen LogP contribution in [0.5, 0.6) is 5.88 Å². The van der Waals surface area contributed by atoms with Gasteiger partial charge in [-0.3, -0.25) is 14.8 Å². The molecule has 0 aromatic carbocycles. The van der Waals surface area contributed by atoms with Crippen LogP contribution in [-0.2, 0) is 13.0 Å². The minimum atomic E-state index is -0.484. The number of hydrogen-bond acceptors (Lipinski definition) is 6. The molecule has 1 aliphatic heterocycles. The number of fused-ring (bicyclic) bond motifs is 2. The number of halogens is 1. The smallest absolute Gasteiger partial charge is 0.256 e.